The van der Waals surface area contributed by atoms with Gasteiger partial charge in [-0.25, -0.2) is 9.48 Å². The largest absolute Gasteiger partial charge is 0.478 e. The summed E-state index contributed by atoms with van der Waals surface area (Å²) in [5, 5.41) is 13.9. The normalized spacial score (nSPS) is 11.7. The van der Waals surface area contributed by atoms with Crippen molar-refractivity contribution in [2.45, 2.75) is 36.0 Å². The molecule has 0 aliphatic rings. The number of carbonyl (C=O) groups is 1. The second-order valence-corrected chi connectivity index (χ2v) is 9.57. The third-order valence-corrected chi connectivity index (χ3v) is 6.24. The van der Waals surface area contributed by atoms with Crippen LogP contribution in [0.3, 0.4) is 0 Å². The van der Waals surface area contributed by atoms with Gasteiger partial charge in [-0.3, -0.25) is 4.79 Å². The Bertz CT molecular complexity index is 1350. The monoisotopic (exact) mass is 454 g/mol. The highest BCUT2D eigenvalue weighted by Crippen LogP contribution is 2.36. The molecule has 2 aromatic carbocycles. The first kappa shape index (κ1) is 21.1. The van der Waals surface area contributed by atoms with Gasteiger partial charge in [-0.15, -0.1) is 0 Å². The SMILES string of the molecule is CC(C)(C)c1ccc(Sc2cc3c(=O)nc(-n4cc(C(=O)O)cn4)[nH]c3cc2Cl)cc1. The first-order valence-corrected chi connectivity index (χ1v) is 10.6. The van der Waals surface area contributed by atoms with Crippen LogP contribution in [0.25, 0.3) is 16.9 Å². The van der Waals surface area contributed by atoms with Crippen LogP contribution in [-0.2, 0) is 5.41 Å². The van der Waals surface area contributed by atoms with Gasteiger partial charge in [0.25, 0.3) is 5.56 Å². The number of hydrogen-bond donors (Lipinski definition) is 2. The number of aromatic carboxylic acids is 1. The Kier molecular flexibility index (Phi) is 5.36. The van der Waals surface area contributed by atoms with Crippen LogP contribution in [0, 0.1) is 0 Å². The van der Waals surface area contributed by atoms with Gasteiger partial charge in [0.15, 0.2) is 0 Å². The van der Waals surface area contributed by atoms with Crippen LogP contribution in [0.5, 0.6) is 0 Å². The zero-order chi connectivity index (χ0) is 22.3. The van der Waals surface area contributed by atoms with Gasteiger partial charge in [0.1, 0.15) is 0 Å². The van der Waals surface area contributed by atoms with Gasteiger partial charge < -0.3 is 10.1 Å². The summed E-state index contributed by atoms with van der Waals surface area (Å²) in [6.07, 6.45) is 2.46. The van der Waals surface area contributed by atoms with Crippen molar-refractivity contribution in [1.29, 1.82) is 0 Å². The molecule has 0 fully saturated rings. The molecular weight excluding hydrogens is 436 g/mol. The Morgan fingerprint density at radius 3 is 2.52 bits per heavy atom. The molecule has 0 aliphatic heterocycles. The minimum absolute atomic E-state index is 0.00925. The predicted octanol–water partition coefficient (Wildman–Crippen LogP) is 4.91. The molecule has 0 bridgehead atoms. The summed E-state index contributed by atoms with van der Waals surface area (Å²) in [7, 11) is 0. The fraction of sp³-hybridized carbons (Fsp3) is 0.182. The van der Waals surface area contributed by atoms with Crippen molar-refractivity contribution >= 4 is 40.2 Å². The summed E-state index contributed by atoms with van der Waals surface area (Å²) in [6.45, 7) is 6.48. The molecule has 31 heavy (non-hydrogen) atoms. The van der Waals surface area contributed by atoms with E-state index in [4.69, 9.17) is 16.7 Å². The van der Waals surface area contributed by atoms with Crippen LogP contribution in [0.15, 0.2) is 63.4 Å². The van der Waals surface area contributed by atoms with Crippen molar-refractivity contribution in [2.24, 2.45) is 0 Å². The van der Waals surface area contributed by atoms with E-state index >= 15 is 0 Å². The zero-order valence-corrected chi connectivity index (χ0v) is 18.6. The predicted molar refractivity (Wildman–Crippen MR) is 121 cm³/mol. The molecule has 4 aromatic rings. The average Bonchev–Trinajstić information content (AvgIpc) is 3.19. The first-order chi connectivity index (χ1) is 14.6. The third-order valence-electron chi connectivity index (χ3n) is 4.75. The minimum Gasteiger partial charge on any atom is -0.478 e. The number of fused-ring (bicyclic) bond motifs is 1. The van der Waals surface area contributed by atoms with Gasteiger partial charge in [-0.1, -0.05) is 56.3 Å². The maximum atomic E-state index is 12.6. The zero-order valence-electron chi connectivity index (χ0n) is 17.0. The molecule has 0 radical (unpaired) electrons. The van der Waals surface area contributed by atoms with E-state index in [9.17, 15) is 9.59 Å². The molecule has 7 nitrogen and oxygen atoms in total. The number of hydrogen-bond acceptors (Lipinski definition) is 5. The van der Waals surface area contributed by atoms with Crippen molar-refractivity contribution in [2.75, 3.05) is 0 Å². The molecule has 0 aliphatic carbocycles. The lowest BCUT2D eigenvalue weighted by Gasteiger charge is -2.19. The highest BCUT2D eigenvalue weighted by molar-refractivity contribution is 7.99. The lowest BCUT2D eigenvalue weighted by Crippen LogP contribution is -2.14. The molecule has 2 N–H and O–H groups in total. The van der Waals surface area contributed by atoms with Crippen molar-refractivity contribution in [3.63, 3.8) is 0 Å². The Morgan fingerprint density at radius 1 is 1.19 bits per heavy atom. The van der Waals surface area contributed by atoms with Crippen LogP contribution in [0.2, 0.25) is 5.02 Å². The van der Waals surface area contributed by atoms with Crippen LogP contribution >= 0.6 is 23.4 Å². The Morgan fingerprint density at radius 2 is 1.90 bits per heavy atom. The number of benzene rings is 2. The van der Waals surface area contributed by atoms with Gasteiger partial charge >= 0.3 is 5.97 Å². The van der Waals surface area contributed by atoms with E-state index < -0.39 is 11.5 Å². The maximum Gasteiger partial charge on any atom is 0.338 e. The molecule has 0 atom stereocenters. The van der Waals surface area contributed by atoms with Crippen LogP contribution < -0.4 is 5.56 Å². The van der Waals surface area contributed by atoms with Crippen LogP contribution in [-0.4, -0.2) is 30.8 Å². The standard InChI is InChI=1S/C22H19ClN4O3S/c1-22(2,3)13-4-6-14(7-5-13)31-18-8-15-17(9-16(18)23)25-21(26-19(15)28)27-11-12(10-24-27)20(29)30/h4-11H,1-3H3,(H,29,30)(H,25,26,28). The van der Waals surface area contributed by atoms with E-state index in [1.165, 1.54) is 34.4 Å². The highest BCUT2D eigenvalue weighted by Gasteiger charge is 2.15. The summed E-state index contributed by atoms with van der Waals surface area (Å²) < 4.78 is 1.21. The molecule has 2 heterocycles. The smallest absolute Gasteiger partial charge is 0.338 e. The number of aromatic amines is 1. The molecule has 0 unspecified atom stereocenters. The summed E-state index contributed by atoms with van der Waals surface area (Å²) in [5.41, 5.74) is 1.32. The van der Waals surface area contributed by atoms with Gasteiger partial charge in [-0.05, 0) is 35.2 Å². The summed E-state index contributed by atoms with van der Waals surface area (Å²) in [6, 6.07) is 11.6. The van der Waals surface area contributed by atoms with Crippen molar-refractivity contribution in [3.8, 4) is 5.95 Å². The highest BCUT2D eigenvalue weighted by atomic mass is 35.5. The molecule has 4 rings (SSSR count). The van der Waals surface area contributed by atoms with E-state index in [2.05, 4.69) is 48.0 Å². The molecule has 158 valence electrons. The van der Waals surface area contributed by atoms with Gasteiger partial charge in [0.2, 0.25) is 5.95 Å². The number of carboxylic acid groups (broad SMARTS) is 1. The lowest BCUT2D eigenvalue weighted by atomic mass is 9.87. The number of halogens is 1. The number of nitrogens with one attached hydrogen (secondary N) is 1. The van der Waals surface area contributed by atoms with E-state index in [0.29, 0.717) is 15.9 Å². The van der Waals surface area contributed by atoms with Gasteiger partial charge in [0.05, 0.1) is 27.7 Å². The second-order valence-electron chi connectivity index (χ2n) is 8.05. The topological polar surface area (TPSA) is 101 Å². The quantitative estimate of drug-likeness (QED) is 0.454. The Hall–Kier alpha value is -3.10. The van der Waals surface area contributed by atoms with E-state index in [1.807, 2.05) is 12.1 Å². The number of H-pyrrole nitrogens is 1. The number of aromatic nitrogens is 4. The van der Waals surface area contributed by atoms with E-state index in [-0.39, 0.29) is 16.9 Å². The maximum absolute atomic E-state index is 12.6. The molecular formula is C22H19ClN4O3S. The summed E-state index contributed by atoms with van der Waals surface area (Å²) >= 11 is 7.96. The van der Waals surface area contributed by atoms with Crippen molar-refractivity contribution < 1.29 is 9.90 Å². The van der Waals surface area contributed by atoms with E-state index in [0.717, 1.165) is 9.79 Å². The molecule has 9 heteroatoms. The number of rotatable bonds is 4. The van der Waals surface area contributed by atoms with Gasteiger partial charge in [-0.2, -0.15) is 10.1 Å². The third kappa shape index (κ3) is 4.35. The lowest BCUT2D eigenvalue weighted by molar-refractivity contribution is 0.0697. The Balaban J connectivity index is 1.69. The fourth-order valence-electron chi connectivity index (χ4n) is 3.02. The molecule has 2 aromatic heterocycles. The number of carboxylic acids is 1. The molecule has 0 spiro atoms. The van der Waals surface area contributed by atoms with Crippen molar-refractivity contribution in [3.05, 3.63) is 75.3 Å². The van der Waals surface area contributed by atoms with E-state index in [1.54, 1.807) is 12.1 Å². The van der Waals surface area contributed by atoms with Crippen molar-refractivity contribution in [1.82, 2.24) is 19.7 Å². The molecule has 0 saturated heterocycles. The number of nitrogens with zero attached hydrogens (tertiary/aromatic N) is 3. The molecule has 0 amide bonds. The fourth-order valence-corrected chi connectivity index (χ4v) is 4.16. The minimum atomic E-state index is -1.12. The first-order valence-electron chi connectivity index (χ1n) is 9.42. The second kappa shape index (κ2) is 7.86. The summed E-state index contributed by atoms with van der Waals surface area (Å²) in [5.74, 6) is -1.01. The molecule has 0 saturated carbocycles. The summed E-state index contributed by atoms with van der Waals surface area (Å²) in [4.78, 5) is 32.5. The average molecular weight is 455 g/mol. The van der Waals surface area contributed by atoms with Crippen LogP contribution in [0.1, 0.15) is 36.7 Å². The van der Waals surface area contributed by atoms with Crippen LogP contribution in [0.4, 0.5) is 0 Å². The van der Waals surface area contributed by atoms with Gasteiger partial charge in [0, 0.05) is 16.0 Å². The Labute approximate surface area is 187 Å².